The minimum Gasteiger partial charge on any atom is -1.00 e. The summed E-state index contributed by atoms with van der Waals surface area (Å²) < 4.78 is 4.43. The van der Waals surface area contributed by atoms with E-state index in [1.165, 1.54) is 24.8 Å². The van der Waals surface area contributed by atoms with Crippen LogP contribution in [0.1, 0.15) is 51.6 Å². The largest absolute Gasteiger partial charge is 1.00 e. The first-order chi connectivity index (χ1) is 10.6. The van der Waals surface area contributed by atoms with Crippen LogP contribution in [-0.4, -0.2) is 9.67 Å². The quantitative estimate of drug-likeness (QED) is 0.724. The molecule has 1 heterocycles. The van der Waals surface area contributed by atoms with Gasteiger partial charge in [-0.2, -0.15) is 0 Å². The van der Waals surface area contributed by atoms with Crippen molar-refractivity contribution in [2.75, 3.05) is 0 Å². The minimum atomic E-state index is 0. The summed E-state index contributed by atoms with van der Waals surface area (Å²) in [5, 5.41) is 4.68. The normalized spacial score (nSPS) is 24.4. The van der Waals surface area contributed by atoms with Gasteiger partial charge in [-0.25, -0.2) is 4.57 Å². The molecule has 126 valence electrons. The lowest BCUT2D eigenvalue weighted by Crippen LogP contribution is -3.00. The van der Waals surface area contributed by atoms with Gasteiger partial charge in [0.15, 0.2) is 0 Å². The maximum Gasteiger partial charge on any atom is 0.266 e. The third-order valence-corrected chi connectivity index (χ3v) is 5.13. The van der Waals surface area contributed by atoms with Crippen LogP contribution < -0.4 is 21.7 Å². The number of hydrogen-bond donors (Lipinski definition) is 0. The average Bonchev–Trinajstić information content (AvgIpc) is 2.96. The van der Waals surface area contributed by atoms with Crippen LogP contribution in [0.3, 0.4) is 0 Å². The van der Waals surface area contributed by atoms with E-state index in [1.54, 1.807) is 0 Å². The summed E-state index contributed by atoms with van der Waals surface area (Å²) in [4.78, 5) is 0. The van der Waals surface area contributed by atoms with Crippen molar-refractivity contribution in [3.05, 3.63) is 48.5 Å². The third-order valence-electron chi connectivity index (χ3n) is 5.13. The summed E-state index contributed by atoms with van der Waals surface area (Å²) in [6, 6.07) is 11.2. The van der Waals surface area contributed by atoms with Gasteiger partial charge in [-0.1, -0.05) is 57.5 Å². The van der Waals surface area contributed by atoms with Gasteiger partial charge in [-0.3, -0.25) is 0 Å². The van der Waals surface area contributed by atoms with E-state index in [-0.39, 0.29) is 17.0 Å². The van der Waals surface area contributed by atoms with E-state index in [0.717, 1.165) is 24.3 Å². The molecule has 1 aliphatic carbocycles. The molecule has 0 saturated heterocycles. The fraction of sp³-hybridized carbons (Fsp3) is 0.579. The van der Waals surface area contributed by atoms with Crippen molar-refractivity contribution in [2.24, 2.45) is 17.8 Å². The Labute approximate surface area is 150 Å². The molecule has 1 fully saturated rings. The van der Waals surface area contributed by atoms with Crippen molar-refractivity contribution in [3.63, 3.8) is 0 Å². The van der Waals surface area contributed by atoms with E-state index >= 15 is 0 Å². The molecule has 0 N–H and O–H groups in total. The number of aromatic nitrogens is 3. The molecule has 23 heavy (non-hydrogen) atoms. The Hall–Kier alpha value is -1.16. The van der Waals surface area contributed by atoms with E-state index in [4.69, 9.17) is 0 Å². The highest BCUT2D eigenvalue weighted by Crippen LogP contribution is 2.37. The fourth-order valence-corrected chi connectivity index (χ4v) is 3.84. The van der Waals surface area contributed by atoms with Crippen LogP contribution in [0.2, 0.25) is 0 Å². The molecular formula is C19H28BrN3. The number of rotatable bonds is 4. The summed E-state index contributed by atoms with van der Waals surface area (Å²) in [5.41, 5.74) is 1.32. The second-order valence-electron chi connectivity index (χ2n) is 7.28. The van der Waals surface area contributed by atoms with Gasteiger partial charge in [0.25, 0.3) is 6.33 Å². The second-order valence-corrected chi connectivity index (χ2v) is 7.28. The zero-order valence-corrected chi connectivity index (χ0v) is 16.0. The van der Waals surface area contributed by atoms with Gasteiger partial charge in [0.1, 0.15) is 12.6 Å². The van der Waals surface area contributed by atoms with Gasteiger partial charge in [0.05, 0.1) is 0 Å². The molecule has 4 heteroatoms. The summed E-state index contributed by atoms with van der Waals surface area (Å²) in [7, 11) is 0. The van der Waals surface area contributed by atoms with E-state index in [2.05, 4.69) is 71.8 Å². The Bertz CT molecular complexity index is 594. The number of nitrogens with zero attached hydrogens (tertiary/aromatic N) is 3. The number of benzene rings is 1. The summed E-state index contributed by atoms with van der Waals surface area (Å²) in [6.07, 6.45) is 8.14. The maximum atomic E-state index is 4.68. The Morgan fingerprint density at radius 3 is 2.65 bits per heavy atom. The highest BCUT2D eigenvalue weighted by molar-refractivity contribution is 5.14. The molecule has 2 unspecified atom stereocenters. The average molecular weight is 378 g/mol. The van der Waals surface area contributed by atoms with Crippen molar-refractivity contribution in [1.82, 2.24) is 9.67 Å². The van der Waals surface area contributed by atoms with Crippen LogP contribution in [0.5, 0.6) is 0 Å². The smallest absolute Gasteiger partial charge is 0.266 e. The molecule has 0 bridgehead atoms. The van der Waals surface area contributed by atoms with Gasteiger partial charge < -0.3 is 17.0 Å². The first-order valence-corrected chi connectivity index (χ1v) is 8.60. The third kappa shape index (κ3) is 4.43. The van der Waals surface area contributed by atoms with Crippen LogP contribution in [0.25, 0.3) is 0 Å². The highest BCUT2D eigenvalue weighted by Gasteiger charge is 2.36. The summed E-state index contributed by atoms with van der Waals surface area (Å²) in [5.74, 6) is 2.29. The number of hydrogen-bond acceptors (Lipinski definition) is 1. The Kier molecular flexibility index (Phi) is 6.40. The number of halogens is 1. The van der Waals surface area contributed by atoms with E-state index in [1.807, 2.05) is 6.33 Å². The Morgan fingerprint density at radius 1 is 1.22 bits per heavy atom. The minimum absolute atomic E-state index is 0. The lowest BCUT2D eigenvalue weighted by atomic mass is 9.74. The molecule has 1 aromatic heterocycles. The van der Waals surface area contributed by atoms with Crippen molar-refractivity contribution < 1.29 is 21.7 Å². The molecule has 0 amide bonds. The predicted octanol–water partition coefficient (Wildman–Crippen LogP) is 0.856. The van der Waals surface area contributed by atoms with Crippen molar-refractivity contribution in [3.8, 4) is 0 Å². The van der Waals surface area contributed by atoms with Crippen LogP contribution in [0.15, 0.2) is 43.0 Å². The van der Waals surface area contributed by atoms with Gasteiger partial charge >= 0.3 is 0 Å². The molecule has 0 aliphatic heterocycles. The molecule has 3 rings (SSSR count). The Morgan fingerprint density at radius 2 is 1.96 bits per heavy atom. The van der Waals surface area contributed by atoms with Crippen LogP contribution in [-0.2, 0) is 6.54 Å². The second kappa shape index (κ2) is 8.09. The molecular weight excluding hydrogens is 350 g/mol. The zero-order valence-electron chi connectivity index (χ0n) is 14.4. The monoisotopic (exact) mass is 377 g/mol. The summed E-state index contributed by atoms with van der Waals surface area (Å²) >= 11 is 0. The molecule has 3 atom stereocenters. The topological polar surface area (TPSA) is 21.7 Å². The standard InChI is InChI=1S/C19H28N3.BrH/c1-15(2)18-10-9-16(3)11-19(18)22-14-21(13-20-22)12-17-7-5-4-6-8-17;/h4-8,13-16,18-19H,9-12H2,1-3H3;1H/q+1;/p-1/t16-,18?,19?;/m1./s1. The molecule has 1 aromatic carbocycles. The molecule has 1 saturated carbocycles. The zero-order chi connectivity index (χ0) is 15.5. The van der Waals surface area contributed by atoms with Gasteiger partial charge in [0.2, 0.25) is 6.33 Å². The summed E-state index contributed by atoms with van der Waals surface area (Å²) in [6.45, 7) is 7.99. The van der Waals surface area contributed by atoms with E-state index < -0.39 is 0 Å². The van der Waals surface area contributed by atoms with Crippen LogP contribution in [0, 0.1) is 17.8 Å². The first-order valence-electron chi connectivity index (χ1n) is 8.60. The van der Waals surface area contributed by atoms with Crippen LogP contribution in [0.4, 0.5) is 0 Å². The predicted molar refractivity (Wildman–Crippen MR) is 88.3 cm³/mol. The van der Waals surface area contributed by atoms with Gasteiger partial charge in [0, 0.05) is 5.92 Å². The SMILES string of the molecule is CC(C)C1CC[C@@H](C)CC1[n+]1cn(Cc2ccccc2)cn1.[Br-]. The molecule has 2 aromatic rings. The molecule has 1 aliphatic rings. The lowest BCUT2D eigenvalue weighted by Gasteiger charge is -2.34. The molecule has 0 radical (unpaired) electrons. The maximum absolute atomic E-state index is 4.68. The molecule has 0 spiro atoms. The Balaban J connectivity index is 0.00000192. The van der Waals surface area contributed by atoms with Gasteiger partial charge in [-0.15, -0.1) is 4.68 Å². The van der Waals surface area contributed by atoms with E-state index in [9.17, 15) is 0 Å². The van der Waals surface area contributed by atoms with Crippen molar-refractivity contribution in [2.45, 2.75) is 52.6 Å². The molecule has 3 nitrogen and oxygen atoms in total. The van der Waals surface area contributed by atoms with Crippen LogP contribution >= 0.6 is 0 Å². The lowest BCUT2D eigenvalue weighted by molar-refractivity contribution is -0.785. The van der Waals surface area contributed by atoms with E-state index in [0.29, 0.717) is 6.04 Å². The highest BCUT2D eigenvalue weighted by atomic mass is 79.9. The van der Waals surface area contributed by atoms with Crippen molar-refractivity contribution in [1.29, 1.82) is 0 Å². The van der Waals surface area contributed by atoms with Gasteiger partial charge in [-0.05, 0) is 35.3 Å². The fourth-order valence-electron chi connectivity index (χ4n) is 3.84. The first kappa shape index (κ1) is 18.2. The van der Waals surface area contributed by atoms with Crippen molar-refractivity contribution >= 4 is 0 Å².